The van der Waals surface area contributed by atoms with Gasteiger partial charge in [-0.05, 0) is 56.3 Å². The van der Waals surface area contributed by atoms with E-state index in [2.05, 4.69) is 64.9 Å². The highest BCUT2D eigenvalue weighted by molar-refractivity contribution is 4.60. The molecule has 0 aromatic carbocycles. The summed E-state index contributed by atoms with van der Waals surface area (Å²) in [6.07, 6.45) is 19.5. The molecule has 6 nitrogen and oxygen atoms in total. The maximum Gasteiger partial charge on any atom is 0.271 e. The van der Waals surface area contributed by atoms with Crippen molar-refractivity contribution < 1.29 is 28.8 Å². The van der Waals surface area contributed by atoms with Crippen molar-refractivity contribution >= 4 is 0 Å². The molecule has 0 saturated carbocycles. The fraction of sp³-hybridized carbons (Fsp3) is 1.00. The summed E-state index contributed by atoms with van der Waals surface area (Å²) < 4.78 is 27.8. The lowest BCUT2D eigenvalue weighted by molar-refractivity contribution is -0.299. The largest absolute Gasteiger partial charge is 0.396 e. The minimum atomic E-state index is -0.498. The van der Waals surface area contributed by atoms with Crippen LogP contribution in [0.3, 0.4) is 0 Å². The number of hydrogen-bond acceptors (Lipinski definition) is 6. The molecule has 0 spiro atoms. The van der Waals surface area contributed by atoms with E-state index in [9.17, 15) is 0 Å². The predicted molar refractivity (Wildman–Crippen MR) is 185 cm³/mol. The summed E-state index contributed by atoms with van der Waals surface area (Å²) in [6, 6.07) is 0. The second-order valence-electron chi connectivity index (χ2n) is 12.2. The third-order valence-corrected chi connectivity index (χ3v) is 8.50. The topological polar surface area (TPSA) is 66.4 Å². The van der Waals surface area contributed by atoms with E-state index in [1.807, 2.05) is 6.92 Å². The molecule has 0 aliphatic rings. The van der Waals surface area contributed by atoms with E-state index < -0.39 is 6.48 Å². The van der Waals surface area contributed by atoms with E-state index >= 15 is 0 Å². The zero-order chi connectivity index (χ0) is 33.1. The average molecular weight is 621 g/mol. The molecule has 0 aliphatic carbocycles. The normalized spacial score (nSPS) is 14.7. The molecule has 4 unspecified atom stereocenters. The summed E-state index contributed by atoms with van der Waals surface area (Å²) >= 11 is 0. The molecule has 0 aromatic heterocycles. The lowest BCUT2D eigenvalue weighted by Gasteiger charge is -2.26. The first kappa shape index (κ1) is 47.2. The molecule has 264 valence electrons. The molecule has 43 heavy (non-hydrogen) atoms. The van der Waals surface area contributed by atoms with E-state index in [1.54, 1.807) is 14.2 Å². The summed E-state index contributed by atoms with van der Waals surface area (Å²) in [5, 5.41) is 8.75. The molecule has 0 amide bonds. The van der Waals surface area contributed by atoms with Crippen LogP contribution in [0.15, 0.2) is 0 Å². The maximum absolute atomic E-state index is 8.75. The van der Waals surface area contributed by atoms with Crippen LogP contribution in [0.5, 0.6) is 0 Å². The zero-order valence-corrected chi connectivity index (χ0v) is 31.1. The maximum atomic E-state index is 8.75. The quantitative estimate of drug-likeness (QED) is 0.0878. The molecule has 1 N–H and O–H groups in total. The summed E-state index contributed by atoms with van der Waals surface area (Å²) in [5.74, 6) is 2.39. The molecular formula is C37H80O6. The number of aliphatic hydroxyl groups is 1. The highest BCUT2D eigenvalue weighted by Crippen LogP contribution is 2.19. The minimum absolute atomic E-state index is 0.0648. The van der Waals surface area contributed by atoms with E-state index in [4.69, 9.17) is 19.3 Å². The van der Waals surface area contributed by atoms with Gasteiger partial charge in [-0.3, -0.25) is 0 Å². The lowest BCUT2D eigenvalue weighted by atomic mass is 10.0. The molecule has 0 bridgehead atoms. The average Bonchev–Trinajstić information content (AvgIpc) is 3.05. The standard InChI is InChI=1S/C25H52O3.C8H18O.C4H10O2/c1-7-13-16-22(10-4)19-26-25(27-20-23(11-5)17-14-8-2)28-21-24(12-6)18-15-9-3;1-3-5-6-8(4-2)7-9;1-4(5-2)6-3/h22-25H,7-21H2,1-6H3;8-9H,3-7H2,1-2H3;4H,1-3H3. The number of ether oxygens (including phenoxy) is 5. The van der Waals surface area contributed by atoms with Crippen LogP contribution < -0.4 is 0 Å². The van der Waals surface area contributed by atoms with E-state index in [0.717, 1.165) is 45.5 Å². The molecule has 0 saturated heterocycles. The van der Waals surface area contributed by atoms with Crippen LogP contribution in [0.2, 0.25) is 0 Å². The summed E-state index contributed by atoms with van der Waals surface area (Å²) in [4.78, 5) is 0. The first-order chi connectivity index (χ1) is 20.8. The van der Waals surface area contributed by atoms with Gasteiger partial charge in [0.15, 0.2) is 6.29 Å². The van der Waals surface area contributed by atoms with Crippen LogP contribution in [-0.2, 0) is 23.7 Å². The Bertz CT molecular complexity index is 436. The van der Waals surface area contributed by atoms with Crippen molar-refractivity contribution in [1.29, 1.82) is 0 Å². The second-order valence-corrected chi connectivity index (χ2v) is 12.2. The minimum Gasteiger partial charge on any atom is -0.396 e. The second kappa shape index (κ2) is 37.9. The Kier molecular flexibility index (Phi) is 41.6. The smallest absolute Gasteiger partial charge is 0.271 e. The van der Waals surface area contributed by atoms with Crippen LogP contribution in [0, 0.1) is 23.7 Å². The van der Waals surface area contributed by atoms with Crippen molar-refractivity contribution in [3.63, 3.8) is 0 Å². The van der Waals surface area contributed by atoms with Gasteiger partial charge >= 0.3 is 0 Å². The summed E-state index contributed by atoms with van der Waals surface area (Å²) in [5.41, 5.74) is 0. The van der Waals surface area contributed by atoms with Crippen LogP contribution in [-0.4, -0.2) is 58.5 Å². The number of aliphatic hydroxyl groups excluding tert-OH is 1. The van der Waals surface area contributed by atoms with E-state index in [0.29, 0.717) is 30.3 Å². The highest BCUT2D eigenvalue weighted by Gasteiger charge is 2.18. The van der Waals surface area contributed by atoms with Gasteiger partial charge in [0.25, 0.3) is 6.48 Å². The molecule has 6 heteroatoms. The van der Waals surface area contributed by atoms with Gasteiger partial charge in [0.1, 0.15) is 0 Å². The van der Waals surface area contributed by atoms with Gasteiger partial charge in [-0.15, -0.1) is 0 Å². The SMILES string of the molecule is CCCCC(CC)CO.CCCCC(CC)COC(OCC(CC)CCCC)OCC(CC)CCCC.COC(C)OC. The van der Waals surface area contributed by atoms with Gasteiger partial charge in [-0.2, -0.15) is 0 Å². The number of unbranched alkanes of at least 4 members (excludes halogenated alkanes) is 4. The fourth-order valence-corrected chi connectivity index (χ4v) is 4.50. The molecule has 0 rings (SSSR count). The Hall–Kier alpha value is -0.240. The Labute approximate surface area is 270 Å². The predicted octanol–water partition coefficient (Wildman–Crippen LogP) is 10.8. The van der Waals surface area contributed by atoms with E-state index in [1.165, 1.54) is 77.0 Å². The van der Waals surface area contributed by atoms with Crippen molar-refractivity contribution in [3.05, 3.63) is 0 Å². The summed E-state index contributed by atoms with van der Waals surface area (Å²) in [6.45, 7) is 21.8. The third kappa shape index (κ3) is 33.0. The van der Waals surface area contributed by atoms with E-state index in [-0.39, 0.29) is 6.29 Å². The molecular weight excluding hydrogens is 540 g/mol. The first-order valence-electron chi connectivity index (χ1n) is 18.3. The van der Waals surface area contributed by atoms with Gasteiger partial charge in [-0.25, -0.2) is 0 Å². The molecule has 4 atom stereocenters. The third-order valence-electron chi connectivity index (χ3n) is 8.50. The first-order valence-corrected chi connectivity index (χ1v) is 18.3. The number of methoxy groups -OCH3 is 2. The highest BCUT2D eigenvalue weighted by atomic mass is 16.8. The molecule has 0 aromatic rings. The van der Waals surface area contributed by atoms with Gasteiger partial charge < -0.3 is 28.8 Å². The molecule has 0 radical (unpaired) electrons. The Morgan fingerprint density at radius 1 is 0.465 bits per heavy atom. The van der Waals surface area contributed by atoms with Crippen LogP contribution >= 0.6 is 0 Å². The molecule has 0 fully saturated rings. The van der Waals surface area contributed by atoms with Gasteiger partial charge in [0, 0.05) is 20.8 Å². The number of rotatable bonds is 28. The Balaban J connectivity index is -0.000000868. The van der Waals surface area contributed by atoms with Crippen LogP contribution in [0.25, 0.3) is 0 Å². The van der Waals surface area contributed by atoms with Crippen molar-refractivity contribution in [2.75, 3.05) is 40.6 Å². The van der Waals surface area contributed by atoms with Gasteiger partial charge in [0.2, 0.25) is 0 Å². The van der Waals surface area contributed by atoms with Crippen LogP contribution in [0.4, 0.5) is 0 Å². The van der Waals surface area contributed by atoms with Crippen molar-refractivity contribution in [2.24, 2.45) is 23.7 Å². The monoisotopic (exact) mass is 621 g/mol. The number of hydrogen-bond donors (Lipinski definition) is 1. The van der Waals surface area contributed by atoms with Gasteiger partial charge in [0.05, 0.1) is 19.8 Å². The lowest BCUT2D eigenvalue weighted by Crippen LogP contribution is -2.28. The van der Waals surface area contributed by atoms with Crippen molar-refractivity contribution in [1.82, 2.24) is 0 Å². The zero-order valence-electron chi connectivity index (χ0n) is 31.1. The van der Waals surface area contributed by atoms with Crippen LogP contribution in [0.1, 0.15) is 165 Å². The van der Waals surface area contributed by atoms with Crippen molar-refractivity contribution in [2.45, 2.75) is 178 Å². The van der Waals surface area contributed by atoms with Crippen molar-refractivity contribution in [3.8, 4) is 0 Å². The molecule has 0 aliphatic heterocycles. The summed E-state index contributed by atoms with van der Waals surface area (Å²) in [7, 11) is 3.21. The Morgan fingerprint density at radius 3 is 0.930 bits per heavy atom. The Morgan fingerprint density at radius 2 is 0.744 bits per heavy atom. The fourth-order valence-electron chi connectivity index (χ4n) is 4.50. The molecule has 0 heterocycles. The van der Waals surface area contributed by atoms with Gasteiger partial charge in [-0.1, -0.05) is 132 Å².